The smallest absolute Gasteiger partial charge is 0.209 e. The summed E-state index contributed by atoms with van der Waals surface area (Å²) in [5, 5.41) is 22.9. The van der Waals surface area contributed by atoms with E-state index in [4.69, 9.17) is 9.72 Å². The summed E-state index contributed by atoms with van der Waals surface area (Å²) >= 11 is 1.39. The van der Waals surface area contributed by atoms with Crippen molar-refractivity contribution in [2.75, 3.05) is 24.7 Å². The Labute approximate surface area is 191 Å². The normalized spacial score (nSPS) is 11.7. The lowest BCUT2D eigenvalue weighted by Gasteiger charge is -2.13. The van der Waals surface area contributed by atoms with Gasteiger partial charge in [0.15, 0.2) is 0 Å². The van der Waals surface area contributed by atoms with Crippen LogP contribution in [0.1, 0.15) is 0 Å². The van der Waals surface area contributed by atoms with Crippen molar-refractivity contribution in [3.05, 3.63) is 84.9 Å². The molecule has 3 aromatic carbocycles. The van der Waals surface area contributed by atoms with E-state index in [1.807, 2.05) is 84.9 Å². The molecule has 0 aliphatic heterocycles. The van der Waals surface area contributed by atoms with Crippen LogP contribution < -0.4 is 10.1 Å². The van der Waals surface area contributed by atoms with Crippen LogP contribution in [0.5, 0.6) is 5.75 Å². The molecule has 0 aliphatic carbocycles. The molecule has 4 rings (SSSR count). The maximum absolute atomic E-state index is 10.4. The maximum atomic E-state index is 10.4. The summed E-state index contributed by atoms with van der Waals surface area (Å²) < 4.78 is 5.16. The average Bonchev–Trinajstić information content (AvgIpc) is 2.87. The van der Waals surface area contributed by atoms with Crippen molar-refractivity contribution in [1.82, 2.24) is 15.2 Å². The SMILES string of the molecule is COc1ccc(NCC(O)CSc2nnc(-c3ccccc3)c(-c3ccccc3)n2)cc1. The fourth-order valence-corrected chi connectivity index (χ4v) is 3.85. The summed E-state index contributed by atoms with van der Waals surface area (Å²) in [6.07, 6.45) is -0.570. The number of rotatable bonds is 9. The maximum Gasteiger partial charge on any atom is 0.209 e. The third kappa shape index (κ3) is 5.63. The third-order valence-corrected chi connectivity index (χ3v) is 5.78. The summed E-state index contributed by atoms with van der Waals surface area (Å²) in [6.45, 7) is 0.417. The molecule has 0 aliphatic rings. The van der Waals surface area contributed by atoms with Gasteiger partial charge < -0.3 is 15.2 Å². The summed E-state index contributed by atoms with van der Waals surface area (Å²) in [6, 6.07) is 27.5. The van der Waals surface area contributed by atoms with Crippen molar-refractivity contribution in [2.45, 2.75) is 11.3 Å². The predicted molar refractivity (Wildman–Crippen MR) is 129 cm³/mol. The number of anilines is 1. The Morgan fingerprint density at radius 2 is 1.47 bits per heavy atom. The van der Waals surface area contributed by atoms with Crippen LogP contribution in [0, 0.1) is 0 Å². The van der Waals surface area contributed by atoms with Crippen LogP contribution in [0.25, 0.3) is 22.5 Å². The van der Waals surface area contributed by atoms with E-state index in [9.17, 15) is 5.11 Å². The number of benzene rings is 3. The zero-order chi connectivity index (χ0) is 22.2. The molecule has 1 atom stereocenters. The van der Waals surface area contributed by atoms with E-state index in [0.717, 1.165) is 34.0 Å². The van der Waals surface area contributed by atoms with Crippen LogP contribution in [0.3, 0.4) is 0 Å². The van der Waals surface area contributed by atoms with Gasteiger partial charge in [-0.2, -0.15) is 0 Å². The first-order valence-electron chi connectivity index (χ1n) is 10.3. The highest BCUT2D eigenvalue weighted by Gasteiger charge is 2.15. The van der Waals surface area contributed by atoms with Gasteiger partial charge in [-0.15, -0.1) is 10.2 Å². The Kier molecular flexibility index (Phi) is 7.32. The van der Waals surface area contributed by atoms with E-state index in [2.05, 4.69) is 15.5 Å². The molecule has 0 amide bonds. The average molecular weight is 445 g/mol. The number of thioether (sulfide) groups is 1. The quantitative estimate of drug-likeness (QED) is 0.360. The fraction of sp³-hybridized carbons (Fsp3) is 0.160. The number of hydrogen-bond donors (Lipinski definition) is 2. The predicted octanol–water partition coefficient (Wildman–Crippen LogP) is 4.78. The summed E-state index contributed by atoms with van der Waals surface area (Å²) in [5.74, 6) is 1.24. The highest BCUT2D eigenvalue weighted by Crippen LogP contribution is 2.29. The van der Waals surface area contributed by atoms with Crippen molar-refractivity contribution in [2.24, 2.45) is 0 Å². The number of hydrogen-bond acceptors (Lipinski definition) is 7. The Balaban J connectivity index is 1.44. The molecular weight excluding hydrogens is 420 g/mol. The molecule has 0 fully saturated rings. The van der Waals surface area contributed by atoms with Gasteiger partial charge in [0.25, 0.3) is 0 Å². The minimum atomic E-state index is -0.570. The summed E-state index contributed by atoms with van der Waals surface area (Å²) in [4.78, 5) is 4.77. The van der Waals surface area contributed by atoms with Crippen LogP contribution >= 0.6 is 11.8 Å². The zero-order valence-electron chi connectivity index (χ0n) is 17.7. The molecule has 7 heteroatoms. The first-order valence-corrected chi connectivity index (χ1v) is 11.3. The second kappa shape index (κ2) is 10.7. The Hall–Kier alpha value is -3.42. The molecular formula is C25H24N4O2S. The van der Waals surface area contributed by atoms with Crippen molar-refractivity contribution in [1.29, 1.82) is 0 Å². The molecule has 1 aromatic heterocycles. The molecule has 32 heavy (non-hydrogen) atoms. The number of aromatic nitrogens is 3. The van der Waals surface area contributed by atoms with Gasteiger partial charge >= 0.3 is 0 Å². The van der Waals surface area contributed by atoms with Crippen LogP contribution in [-0.2, 0) is 0 Å². The second-order valence-electron chi connectivity index (χ2n) is 7.10. The van der Waals surface area contributed by atoms with Crippen LogP contribution in [0.15, 0.2) is 90.1 Å². The van der Waals surface area contributed by atoms with Gasteiger partial charge in [0.2, 0.25) is 5.16 Å². The molecule has 2 N–H and O–H groups in total. The van der Waals surface area contributed by atoms with Crippen LogP contribution in [0.2, 0.25) is 0 Å². The van der Waals surface area contributed by atoms with E-state index >= 15 is 0 Å². The van der Waals surface area contributed by atoms with Crippen molar-refractivity contribution >= 4 is 17.4 Å². The second-order valence-corrected chi connectivity index (χ2v) is 8.09. The Morgan fingerprint density at radius 3 is 2.09 bits per heavy atom. The fourth-order valence-electron chi connectivity index (χ4n) is 3.13. The summed E-state index contributed by atoms with van der Waals surface area (Å²) in [5.41, 5.74) is 4.38. The number of methoxy groups -OCH3 is 1. The van der Waals surface area contributed by atoms with Gasteiger partial charge in [-0.25, -0.2) is 4.98 Å². The Bertz CT molecular complexity index is 1130. The highest BCUT2D eigenvalue weighted by atomic mass is 32.2. The monoisotopic (exact) mass is 444 g/mol. The number of ether oxygens (including phenoxy) is 1. The molecule has 0 saturated carbocycles. The van der Waals surface area contributed by atoms with Crippen molar-refractivity contribution in [3.63, 3.8) is 0 Å². The minimum absolute atomic E-state index is 0.417. The van der Waals surface area contributed by atoms with Crippen LogP contribution in [0.4, 0.5) is 5.69 Å². The van der Waals surface area contributed by atoms with Crippen molar-refractivity contribution in [3.8, 4) is 28.3 Å². The van der Waals surface area contributed by atoms with E-state index in [1.165, 1.54) is 11.8 Å². The minimum Gasteiger partial charge on any atom is -0.497 e. The lowest BCUT2D eigenvalue weighted by molar-refractivity contribution is 0.213. The van der Waals surface area contributed by atoms with Gasteiger partial charge in [-0.3, -0.25) is 0 Å². The molecule has 0 radical (unpaired) electrons. The van der Waals surface area contributed by atoms with Gasteiger partial charge in [0.1, 0.15) is 17.1 Å². The zero-order valence-corrected chi connectivity index (χ0v) is 18.5. The standard InChI is InChI=1S/C25H24N4O2S/c1-31-22-14-12-20(13-15-22)26-16-21(30)17-32-25-27-23(18-8-4-2-5-9-18)24(28-29-25)19-10-6-3-7-11-19/h2-15,21,26,30H,16-17H2,1H3. The van der Waals surface area contributed by atoms with Gasteiger partial charge in [-0.05, 0) is 24.3 Å². The van der Waals surface area contributed by atoms with E-state index < -0.39 is 6.10 Å². The van der Waals surface area contributed by atoms with Gasteiger partial charge in [0, 0.05) is 29.1 Å². The van der Waals surface area contributed by atoms with E-state index in [-0.39, 0.29) is 0 Å². The van der Waals surface area contributed by atoms with Gasteiger partial charge in [0.05, 0.1) is 13.2 Å². The van der Waals surface area contributed by atoms with Crippen molar-refractivity contribution < 1.29 is 9.84 Å². The highest BCUT2D eigenvalue weighted by molar-refractivity contribution is 7.99. The Morgan fingerprint density at radius 1 is 0.844 bits per heavy atom. The number of aliphatic hydroxyl groups excluding tert-OH is 1. The molecule has 4 aromatic rings. The number of nitrogens with one attached hydrogen (secondary N) is 1. The topological polar surface area (TPSA) is 80.2 Å². The molecule has 0 saturated heterocycles. The van der Waals surface area contributed by atoms with Crippen LogP contribution in [-0.4, -0.2) is 45.8 Å². The third-order valence-electron chi connectivity index (χ3n) is 4.80. The summed E-state index contributed by atoms with van der Waals surface area (Å²) in [7, 11) is 1.63. The molecule has 1 unspecified atom stereocenters. The number of nitrogens with zero attached hydrogens (tertiary/aromatic N) is 3. The number of aliphatic hydroxyl groups is 1. The first kappa shape index (κ1) is 21.8. The lowest BCUT2D eigenvalue weighted by atomic mass is 10.0. The molecule has 1 heterocycles. The largest absolute Gasteiger partial charge is 0.497 e. The molecule has 0 spiro atoms. The molecule has 0 bridgehead atoms. The van der Waals surface area contributed by atoms with E-state index in [0.29, 0.717) is 17.5 Å². The lowest BCUT2D eigenvalue weighted by Crippen LogP contribution is -2.22. The van der Waals surface area contributed by atoms with Gasteiger partial charge in [-0.1, -0.05) is 72.4 Å². The van der Waals surface area contributed by atoms with E-state index in [1.54, 1.807) is 7.11 Å². The molecule has 6 nitrogen and oxygen atoms in total. The first-order chi connectivity index (χ1) is 15.7. The molecule has 162 valence electrons.